The van der Waals surface area contributed by atoms with Crippen LogP contribution in [0.1, 0.15) is 16.8 Å². The Morgan fingerprint density at radius 3 is 2.62 bits per heavy atom. The molecule has 16 heavy (non-hydrogen) atoms. The smallest absolute Gasteiger partial charge is 0.174 e. The minimum atomic E-state index is -0.00711. The fourth-order valence-corrected chi connectivity index (χ4v) is 1.96. The molecule has 0 aliphatic rings. The molecule has 2 aromatic carbocycles. The third-order valence-corrected chi connectivity index (χ3v) is 2.88. The molecule has 1 nitrogen and oxygen atoms in total. The Labute approximate surface area is 103 Å². The van der Waals surface area contributed by atoms with E-state index in [-0.39, 0.29) is 12.2 Å². The molecule has 0 saturated heterocycles. The molecule has 2 aromatic rings. The number of carbonyl (C=O) groups excluding carboxylic acids is 1. The van der Waals surface area contributed by atoms with Gasteiger partial charge in [0.2, 0.25) is 0 Å². The Kier molecular flexibility index (Phi) is 3.07. The maximum Gasteiger partial charge on any atom is 0.174 e. The van der Waals surface area contributed by atoms with Gasteiger partial charge in [0.05, 0.1) is 6.42 Å². The second-order valence-electron chi connectivity index (χ2n) is 3.51. The second-order valence-corrected chi connectivity index (χ2v) is 4.43. The van der Waals surface area contributed by atoms with Gasteiger partial charge in [-0.05, 0) is 29.0 Å². The molecule has 0 atom stereocenters. The monoisotopic (exact) mass is 272 g/mol. The van der Waals surface area contributed by atoms with E-state index in [2.05, 4.69) is 21.9 Å². The van der Waals surface area contributed by atoms with Gasteiger partial charge in [0.15, 0.2) is 5.78 Å². The summed E-state index contributed by atoms with van der Waals surface area (Å²) in [5, 5.41) is 2.15. The summed E-state index contributed by atoms with van der Waals surface area (Å²) in [4.78, 5) is 11.6. The van der Waals surface area contributed by atoms with E-state index in [0.29, 0.717) is 5.56 Å². The third-order valence-electron chi connectivity index (χ3n) is 2.39. The number of hydrogen-bond acceptors (Lipinski definition) is 1. The van der Waals surface area contributed by atoms with E-state index in [0.717, 1.165) is 15.2 Å². The minimum absolute atomic E-state index is 0.00711. The summed E-state index contributed by atoms with van der Waals surface area (Å²) in [5.41, 5.74) is 0.674. The number of rotatable bonds is 2. The van der Waals surface area contributed by atoms with Crippen molar-refractivity contribution in [3.05, 3.63) is 46.4 Å². The highest BCUT2D eigenvalue weighted by molar-refractivity contribution is 9.10. The van der Waals surface area contributed by atoms with E-state index in [1.807, 2.05) is 36.4 Å². The molecule has 0 aliphatic heterocycles. The van der Waals surface area contributed by atoms with Crippen molar-refractivity contribution in [2.45, 2.75) is 6.42 Å². The van der Waals surface area contributed by atoms with Crippen molar-refractivity contribution in [3.8, 4) is 12.3 Å². The molecule has 78 valence electrons. The summed E-state index contributed by atoms with van der Waals surface area (Å²) >= 11 is 3.41. The van der Waals surface area contributed by atoms with Gasteiger partial charge in [-0.3, -0.25) is 4.79 Å². The average molecular weight is 273 g/mol. The maximum absolute atomic E-state index is 11.6. The van der Waals surface area contributed by atoms with Crippen molar-refractivity contribution < 1.29 is 4.79 Å². The molecule has 0 unspecified atom stereocenters. The van der Waals surface area contributed by atoms with Crippen LogP contribution in [0.3, 0.4) is 0 Å². The van der Waals surface area contributed by atoms with Crippen molar-refractivity contribution in [2.75, 3.05) is 0 Å². The number of ketones is 1. The number of terminal acetylenes is 1. The Hall–Kier alpha value is -1.59. The van der Waals surface area contributed by atoms with Gasteiger partial charge in [-0.25, -0.2) is 0 Å². The minimum Gasteiger partial charge on any atom is -0.293 e. The van der Waals surface area contributed by atoms with Crippen LogP contribution in [-0.2, 0) is 0 Å². The lowest BCUT2D eigenvalue weighted by Gasteiger charge is -2.02. The van der Waals surface area contributed by atoms with E-state index >= 15 is 0 Å². The van der Waals surface area contributed by atoms with E-state index in [1.54, 1.807) is 0 Å². The molecule has 2 heteroatoms. The number of halogens is 1. The number of Topliss-reactive ketones (excluding diaryl/α,β-unsaturated/α-hetero) is 1. The largest absolute Gasteiger partial charge is 0.293 e. The van der Waals surface area contributed by atoms with Crippen LogP contribution in [0.4, 0.5) is 0 Å². The molecule has 0 fully saturated rings. The molecule has 0 bridgehead atoms. The predicted molar refractivity (Wildman–Crippen MR) is 69.4 cm³/mol. The van der Waals surface area contributed by atoms with Crippen LogP contribution >= 0.6 is 15.9 Å². The zero-order valence-corrected chi connectivity index (χ0v) is 10.1. The highest BCUT2D eigenvalue weighted by atomic mass is 79.9. The predicted octanol–water partition coefficient (Wildman–Crippen LogP) is 3.81. The summed E-state index contributed by atoms with van der Waals surface area (Å²) in [6.07, 6.45) is 5.28. The van der Waals surface area contributed by atoms with Crippen molar-refractivity contribution in [1.82, 2.24) is 0 Å². The van der Waals surface area contributed by atoms with E-state index in [9.17, 15) is 4.79 Å². The lowest BCUT2D eigenvalue weighted by atomic mass is 10.0. The first-order valence-corrected chi connectivity index (χ1v) is 5.66. The molecule has 0 aliphatic carbocycles. The Bertz CT molecular complexity index is 593. The van der Waals surface area contributed by atoms with E-state index < -0.39 is 0 Å². The highest BCUT2D eigenvalue weighted by Crippen LogP contribution is 2.21. The summed E-state index contributed by atoms with van der Waals surface area (Å²) in [6, 6.07) is 11.6. The number of carbonyl (C=O) groups is 1. The lowest BCUT2D eigenvalue weighted by molar-refractivity contribution is 0.0998. The van der Waals surface area contributed by atoms with Gasteiger partial charge in [-0.1, -0.05) is 40.0 Å². The lowest BCUT2D eigenvalue weighted by Crippen LogP contribution is -1.96. The average Bonchev–Trinajstić information content (AvgIpc) is 2.28. The fraction of sp³-hybridized carbons (Fsp3) is 0.0714. The van der Waals surface area contributed by atoms with Crippen molar-refractivity contribution >= 4 is 32.5 Å². The van der Waals surface area contributed by atoms with Crippen LogP contribution in [0.25, 0.3) is 10.8 Å². The second kappa shape index (κ2) is 4.51. The first kappa shape index (κ1) is 10.9. The van der Waals surface area contributed by atoms with Crippen LogP contribution in [0.15, 0.2) is 40.9 Å². The van der Waals surface area contributed by atoms with Crippen LogP contribution in [0.5, 0.6) is 0 Å². The van der Waals surface area contributed by atoms with Crippen LogP contribution in [0, 0.1) is 12.3 Å². The van der Waals surface area contributed by atoms with Gasteiger partial charge in [-0.15, -0.1) is 6.42 Å². The molecule has 0 aromatic heterocycles. The van der Waals surface area contributed by atoms with Gasteiger partial charge in [-0.2, -0.15) is 0 Å². The zero-order valence-electron chi connectivity index (χ0n) is 8.53. The first-order valence-electron chi connectivity index (χ1n) is 4.86. The SMILES string of the molecule is C#CCC(=O)c1ccc2cc(Br)ccc2c1. The van der Waals surface area contributed by atoms with E-state index in [4.69, 9.17) is 6.42 Å². The highest BCUT2D eigenvalue weighted by Gasteiger charge is 2.04. The number of benzene rings is 2. The summed E-state index contributed by atoms with van der Waals surface area (Å²) in [7, 11) is 0. The van der Waals surface area contributed by atoms with Gasteiger partial charge in [0.1, 0.15) is 0 Å². The van der Waals surface area contributed by atoms with Crippen LogP contribution in [-0.4, -0.2) is 5.78 Å². The molecular weight excluding hydrogens is 264 g/mol. The van der Waals surface area contributed by atoms with Gasteiger partial charge < -0.3 is 0 Å². The van der Waals surface area contributed by atoms with Gasteiger partial charge in [0.25, 0.3) is 0 Å². The Balaban J connectivity index is 2.49. The van der Waals surface area contributed by atoms with E-state index in [1.165, 1.54) is 0 Å². The van der Waals surface area contributed by atoms with Crippen LogP contribution in [0.2, 0.25) is 0 Å². The molecule has 0 radical (unpaired) electrons. The molecule has 2 rings (SSSR count). The summed E-state index contributed by atoms with van der Waals surface area (Å²) in [6.45, 7) is 0. The molecule has 0 amide bonds. The van der Waals surface area contributed by atoms with Crippen molar-refractivity contribution in [2.24, 2.45) is 0 Å². The number of fused-ring (bicyclic) bond motifs is 1. The van der Waals surface area contributed by atoms with Crippen molar-refractivity contribution in [1.29, 1.82) is 0 Å². The van der Waals surface area contributed by atoms with Crippen LogP contribution < -0.4 is 0 Å². The molecular formula is C14H9BrO. The molecule has 0 spiro atoms. The number of hydrogen-bond donors (Lipinski definition) is 0. The summed E-state index contributed by atoms with van der Waals surface area (Å²) < 4.78 is 1.03. The topological polar surface area (TPSA) is 17.1 Å². The quantitative estimate of drug-likeness (QED) is 0.600. The molecule has 0 saturated carbocycles. The van der Waals surface area contributed by atoms with Gasteiger partial charge in [0, 0.05) is 10.0 Å². The summed E-state index contributed by atoms with van der Waals surface area (Å²) in [5.74, 6) is 2.36. The standard InChI is InChI=1S/C14H9BrO/c1-2-3-14(16)12-5-4-11-9-13(15)7-6-10(11)8-12/h1,4-9H,3H2. The third kappa shape index (κ3) is 2.15. The normalized spacial score (nSPS) is 10.0. The molecule has 0 N–H and O–H groups in total. The Morgan fingerprint density at radius 2 is 1.88 bits per heavy atom. The zero-order chi connectivity index (χ0) is 11.5. The fourth-order valence-electron chi connectivity index (χ4n) is 1.58. The van der Waals surface area contributed by atoms with Gasteiger partial charge >= 0.3 is 0 Å². The maximum atomic E-state index is 11.6. The van der Waals surface area contributed by atoms with Crippen molar-refractivity contribution in [3.63, 3.8) is 0 Å². The first-order chi connectivity index (χ1) is 7.70. The Morgan fingerprint density at radius 1 is 1.19 bits per heavy atom. The molecule has 0 heterocycles.